The highest BCUT2D eigenvalue weighted by molar-refractivity contribution is 5.68. The smallest absolute Gasteiger partial charge is 0.305 e. The Balaban J connectivity index is 4.23. The zero-order valence-electron chi connectivity index (χ0n) is 8.18. The van der Waals surface area contributed by atoms with Crippen molar-refractivity contribution in [2.45, 2.75) is 45.1 Å². The Bertz CT molecular complexity index is 141. The zero-order valence-corrected chi connectivity index (χ0v) is 8.18. The van der Waals surface area contributed by atoms with Gasteiger partial charge in [0.15, 0.2) is 0 Å². The first-order valence-electron chi connectivity index (χ1n) is 4.51. The number of carbonyl (C=O) groups is 1. The number of hydrogen-bond acceptors (Lipinski definition) is 2. The monoisotopic (exact) mass is 173 g/mol. The largest absolute Gasteiger partial charge is 0.481 e. The lowest BCUT2D eigenvalue weighted by Crippen LogP contribution is -2.44. The molecule has 0 saturated heterocycles. The molecular formula is C9H19NO2. The normalized spacial score (nSPS) is 15.6. The van der Waals surface area contributed by atoms with E-state index in [1.807, 2.05) is 14.0 Å². The lowest BCUT2D eigenvalue weighted by molar-refractivity contribution is -0.138. The van der Waals surface area contributed by atoms with Gasteiger partial charge in [0.1, 0.15) is 0 Å². The van der Waals surface area contributed by atoms with Gasteiger partial charge in [-0.15, -0.1) is 0 Å². The summed E-state index contributed by atoms with van der Waals surface area (Å²) in [5, 5.41) is 11.8. The van der Waals surface area contributed by atoms with Gasteiger partial charge in [0.05, 0.1) is 6.42 Å². The predicted molar refractivity (Wildman–Crippen MR) is 49.2 cm³/mol. The number of nitrogens with one attached hydrogen (secondary N) is 1. The van der Waals surface area contributed by atoms with Crippen LogP contribution < -0.4 is 5.32 Å². The highest BCUT2D eigenvalue weighted by atomic mass is 16.4. The lowest BCUT2D eigenvalue weighted by Gasteiger charge is -2.30. The maximum absolute atomic E-state index is 10.6. The van der Waals surface area contributed by atoms with Gasteiger partial charge >= 0.3 is 5.97 Å². The van der Waals surface area contributed by atoms with Crippen LogP contribution in [0.5, 0.6) is 0 Å². The first kappa shape index (κ1) is 11.4. The highest BCUT2D eigenvalue weighted by Gasteiger charge is 2.27. The van der Waals surface area contributed by atoms with Crippen LogP contribution in [0.2, 0.25) is 0 Å². The molecule has 0 amide bonds. The lowest BCUT2D eigenvalue weighted by atomic mass is 9.87. The summed E-state index contributed by atoms with van der Waals surface area (Å²) in [4.78, 5) is 10.6. The van der Waals surface area contributed by atoms with Gasteiger partial charge in [-0.2, -0.15) is 0 Å². The molecule has 0 aromatic heterocycles. The summed E-state index contributed by atoms with van der Waals surface area (Å²) < 4.78 is 0. The molecule has 0 spiro atoms. The van der Waals surface area contributed by atoms with Crippen LogP contribution in [0.4, 0.5) is 0 Å². The zero-order chi connectivity index (χ0) is 9.61. The molecule has 3 nitrogen and oxygen atoms in total. The first-order valence-corrected chi connectivity index (χ1v) is 4.51. The minimum atomic E-state index is -0.723. The number of hydrogen-bond donors (Lipinski definition) is 2. The first-order chi connectivity index (χ1) is 5.60. The maximum atomic E-state index is 10.6. The van der Waals surface area contributed by atoms with Crippen LogP contribution in [0, 0.1) is 0 Å². The molecule has 0 saturated carbocycles. The third-order valence-corrected chi connectivity index (χ3v) is 2.43. The van der Waals surface area contributed by atoms with Gasteiger partial charge in [-0.1, -0.05) is 20.3 Å². The molecule has 1 atom stereocenters. The van der Waals surface area contributed by atoms with E-state index in [4.69, 9.17) is 5.11 Å². The Hall–Kier alpha value is -0.570. The molecule has 0 bridgehead atoms. The molecule has 0 aromatic carbocycles. The van der Waals surface area contributed by atoms with Crippen LogP contribution in [0.25, 0.3) is 0 Å². The second kappa shape index (κ2) is 5.14. The molecule has 0 aliphatic carbocycles. The summed E-state index contributed by atoms with van der Waals surface area (Å²) in [6, 6.07) is 0. The topological polar surface area (TPSA) is 49.3 Å². The van der Waals surface area contributed by atoms with Crippen molar-refractivity contribution in [2.75, 3.05) is 7.05 Å². The molecule has 0 heterocycles. The van der Waals surface area contributed by atoms with Crippen LogP contribution in [0.15, 0.2) is 0 Å². The number of rotatable bonds is 6. The van der Waals surface area contributed by atoms with Gasteiger partial charge in [0.25, 0.3) is 0 Å². The average molecular weight is 173 g/mol. The van der Waals surface area contributed by atoms with Crippen molar-refractivity contribution in [3.8, 4) is 0 Å². The Kier molecular flexibility index (Phi) is 4.90. The number of carboxylic acid groups (broad SMARTS) is 1. The molecule has 0 fully saturated rings. The van der Waals surface area contributed by atoms with E-state index in [1.54, 1.807) is 0 Å². The van der Waals surface area contributed by atoms with Gasteiger partial charge in [-0.25, -0.2) is 0 Å². The van der Waals surface area contributed by atoms with Crippen LogP contribution in [-0.2, 0) is 4.79 Å². The van der Waals surface area contributed by atoms with E-state index in [1.165, 1.54) is 0 Å². The standard InChI is InChI=1S/C9H19NO2/c1-4-6-9(5-2,10-3)7-8(11)12/h10H,4-7H2,1-3H3,(H,11,12). The Morgan fingerprint density at radius 3 is 2.33 bits per heavy atom. The van der Waals surface area contributed by atoms with Crippen molar-refractivity contribution in [3.05, 3.63) is 0 Å². The second-order valence-corrected chi connectivity index (χ2v) is 3.20. The predicted octanol–water partition coefficient (Wildman–Crippen LogP) is 1.63. The van der Waals surface area contributed by atoms with Gasteiger partial charge < -0.3 is 10.4 Å². The summed E-state index contributed by atoms with van der Waals surface area (Å²) in [6.45, 7) is 4.10. The van der Waals surface area contributed by atoms with Gasteiger partial charge in [0, 0.05) is 5.54 Å². The van der Waals surface area contributed by atoms with Gasteiger partial charge in [0.2, 0.25) is 0 Å². The second-order valence-electron chi connectivity index (χ2n) is 3.20. The third kappa shape index (κ3) is 3.22. The van der Waals surface area contributed by atoms with E-state index < -0.39 is 5.97 Å². The fraction of sp³-hybridized carbons (Fsp3) is 0.889. The molecule has 72 valence electrons. The number of aliphatic carboxylic acids is 1. The van der Waals surface area contributed by atoms with Crippen molar-refractivity contribution in [2.24, 2.45) is 0 Å². The molecule has 0 aromatic rings. The van der Waals surface area contributed by atoms with Crippen molar-refractivity contribution < 1.29 is 9.90 Å². The molecule has 0 rings (SSSR count). The van der Waals surface area contributed by atoms with Crippen molar-refractivity contribution >= 4 is 5.97 Å². The molecule has 0 aliphatic rings. The SMILES string of the molecule is CCCC(CC)(CC(=O)O)NC. The summed E-state index contributed by atoms with van der Waals surface area (Å²) >= 11 is 0. The van der Waals surface area contributed by atoms with Crippen LogP contribution in [0.3, 0.4) is 0 Å². The molecule has 0 aliphatic heterocycles. The molecule has 12 heavy (non-hydrogen) atoms. The quantitative estimate of drug-likeness (QED) is 0.642. The molecule has 0 radical (unpaired) electrons. The Labute approximate surface area is 74.2 Å². The molecular weight excluding hydrogens is 154 g/mol. The average Bonchev–Trinajstić information content (AvgIpc) is 2.03. The van der Waals surface area contributed by atoms with Crippen LogP contribution in [0.1, 0.15) is 39.5 Å². The van der Waals surface area contributed by atoms with E-state index in [9.17, 15) is 4.79 Å². The molecule has 2 N–H and O–H groups in total. The summed E-state index contributed by atoms with van der Waals surface area (Å²) in [5.74, 6) is -0.723. The maximum Gasteiger partial charge on any atom is 0.305 e. The van der Waals surface area contributed by atoms with Crippen molar-refractivity contribution in [1.29, 1.82) is 0 Å². The summed E-state index contributed by atoms with van der Waals surface area (Å²) in [6.07, 6.45) is 3.02. The fourth-order valence-electron chi connectivity index (χ4n) is 1.55. The summed E-state index contributed by atoms with van der Waals surface area (Å²) in [7, 11) is 1.84. The van der Waals surface area contributed by atoms with E-state index in [-0.39, 0.29) is 12.0 Å². The minimum Gasteiger partial charge on any atom is -0.481 e. The highest BCUT2D eigenvalue weighted by Crippen LogP contribution is 2.20. The van der Waals surface area contributed by atoms with E-state index in [0.29, 0.717) is 0 Å². The molecule has 3 heteroatoms. The summed E-state index contributed by atoms with van der Waals surface area (Å²) in [5.41, 5.74) is -0.194. The Morgan fingerprint density at radius 2 is 2.08 bits per heavy atom. The third-order valence-electron chi connectivity index (χ3n) is 2.43. The Morgan fingerprint density at radius 1 is 1.50 bits per heavy atom. The fourth-order valence-corrected chi connectivity index (χ4v) is 1.55. The van der Waals surface area contributed by atoms with Crippen molar-refractivity contribution in [1.82, 2.24) is 5.32 Å². The molecule has 1 unspecified atom stereocenters. The van der Waals surface area contributed by atoms with E-state index in [0.717, 1.165) is 19.3 Å². The number of carboxylic acids is 1. The minimum absolute atomic E-state index is 0.194. The van der Waals surface area contributed by atoms with Gasteiger partial charge in [-0.3, -0.25) is 4.79 Å². The van der Waals surface area contributed by atoms with Gasteiger partial charge in [-0.05, 0) is 19.9 Å². The van der Waals surface area contributed by atoms with Crippen LogP contribution >= 0.6 is 0 Å². The van der Waals surface area contributed by atoms with Crippen LogP contribution in [-0.4, -0.2) is 23.7 Å². The van der Waals surface area contributed by atoms with E-state index >= 15 is 0 Å². The van der Waals surface area contributed by atoms with Crippen molar-refractivity contribution in [3.63, 3.8) is 0 Å². The van der Waals surface area contributed by atoms with E-state index in [2.05, 4.69) is 12.2 Å².